The van der Waals surface area contributed by atoms with E-state index in [0.29, 0.717) is 0 Å². The average molecular weight is 315 g/mol. The molecule has 0 amide bonds. The third-order valence-corrected chi connectivity index (χ3v) is 5.18. The second-order valence-corrected chi connectivity index (χ2v) is 7.31. The Hall–Kier alpha value is -1.40. The van der Waals surface area contributed by atoms with E-state index in [2.05, 4.69) is 55.6 Å². The van der Waals surface area contributed by atoms with Gasteiger partial charge in [-0.3, -0.25) is 0 Å². The fourth-order valence-corrected chi connectivity index (χ4v) is 2.77. The van der Waals surface area contributed by atoms with Gasteiger partial charge in [0.15, 0.2) is 0 Å². The Morgan fingerprint density at radius 3 is 2.22 bits per heavy atom. The fraction of sp³-hybridized carbons (Fsp3) is 0.647. The molecule has 1 aromatic rings. The van der Waals surface area contributed by atoms with Crippen LogP contribution in [-0.2, 0) is 15.7 Å². The van der Waals surface area contributed by atoms with Crippen LogP contribution in [0.5, 0.6) is 0 Å². The van der Waals surface area contributed by atoms with E-state index in [9.17, 15) is 0 Å². The molecule has 5 nitrogen and oxygen atoms in total. The largest absolute Gasteiger partial charge is 0.490 e. The molecule has 0 spiro atoms. The Balaban J connectivity index is 1.67. The molecule has 0 aliphatic carbocycles. The smallest absolute Gasteiger partial charge is 0.400 e. The predicted octanol–water partition coefficient (Wildman–Crippen LogP) is 2.81. The molecule has 1 saturated heterocycles. The van der Waals surface area contributed by atoms with Crippen molar-refractivity contribution in [1.82, 2.24) is 9.97 Å². The van der Waals surface area contributed by atoms with E-state index < -0.39 is 0 Å². The monoisotopic (exact) mass is 315 g/mol. The van der Waals surface area contributed by atoms with Crippen molar-refractivity contribution < 1.29 is 9.31 Å². The minimum atomic E-state index is -0.283. The molecule has 3 heterocycles. The molecular weight excluding hydrogens is 289 g/mol. The van der Waals surface area contributed by atoms with E-state index in [4.69, 9.17) is 9.31 Å². The van der Waals surface area contributed by atoms with Gasteiger partial charge in [-0.25, -0.2) is 9.97 Å². The summed E-state index contributed by atoms with van der Waals surface area (Å²) in [6, 6.07) is 0. The number of rotatable bonds is 3. The van der Waals surface area contributed by atoms with Gasteiger partial charge in [-0.2, -0.15) is 0 Å². The van der Waals surface area contributed by atoms with Gasteiger partial charge in [-0.05, 0) is 51.6 Å². The summed E-state index contributed by atoms with van der Waals surface area (Å²) in [5.74, 6) is 0.798. The number of aryl methyl sites for hydroxylation is 1. The lowest BCUT2D eigenvalue weighted by Crippen LogP contribution is -2.41. The summed E-state index contributed by atoms with van der Waals surface area (Å²) >= 11 is 0. The van der Waals surface area contributed by atoms with Crippen molar-refractivity contribution in [2.75, 3.05) is 18.0 Å². The lowest BCUT2D eigenvalue weighted by atomic mass is 9.75. The number of nitrogens with zero attached hydrogens (tertiary/aromatic N) is 3. The molecule has 0 aromatic carbocycles. The molecule has 124 valence electrons. The van der Waals surface area contributed by atoms with Crippen LogP contribution in [0, 0.1) is 0 Å². The topological polar surface area (TPSA) is 47.5 Å². The molecule has 0 atom stereocenters. The maximum absolute atomic E-state index is 6.13. The highest BCUT2D eigenvalue weighted by atomic mass is 16.7. The van der Waals surface area contributed by atoms with Crippen LogP contribution in [0.3, 0.4) is 0 Å². The third-order valence-electron chi connectivity index (χ3n) is 5.18. The first-order valence-electron chi connectivity index (χ1n) is 8.43. The number of anilines is 1. The molecule has 3 rings (SSSR count). The van der Waals surface area contributed by atoms with Gasteiger partial charge in [-0.15, -0.1) is 0 Å². The zero-order valence-electron chi connectivity index (χ0n) is 14.8. The van der Waals surface area contributed by atoms with Gasteiger partial charge in [0, 0.05) is 25.5 Å². The van der Waals surface area contributed by atoms with Crippen molar-refractivity contribution in [2.45, 2.75) is 58.7 Å². The maximum Gasteiger partial charge on any atom is 0.490 e. The summed E-state index contributed by atoms with van der Waals surface area (Å²) in [6.07, 6.45) is 7.90. The number of aromatic nitrogens is 2. The van der Waals surface area contributed by atoms with Gasteiger partial charge in [0.25, 0.3) is 0 Å². The van der Waals surface area contributed by atoms with Crippen molar-refractivity contribution in [2.24, 2.45) is 0 Å². The van der Waals surface area contributed by atoms with E-state index in [-0.39, 0.29) is 18.3 Å². The highest BCUT2D eigenvalue weighted by Gasteiger charge is 2.52. The summed E-state index contributed by atoms with van der Waals surface area (Å²) in [5.41, 5.74) is 1.83. The molecule has 23 heavy (non-hydrogen) atoms. The fourth-order valence-electron chi connectivity index (χ4n) is 2.77. The van der Waals surface area contributed by atoms with Gasteiger partial charge in [0.05, 0.1) is 11.2 Å². The van der Waals surface area contributed by atoms with Gasteiger partial charge in [0.1, 0.15) is 0 Å². The van der Waals surface area contributed by atoms with Crippen molar-refractivity contribution in [3.8, 4) is 0 Å². The van der Waals surface area contributed by atoms with E-state index in [1.165, 1.54) is 11.0 Å². The molecule has 1 fully saturated rings. The lowest BCUT2D eigenvalue weighted by Gasteiger charge is -2.32. The Morgan fingerprint density at radius 2 is 1.74 bits per heavy atom. The molecular formula is C17H26BN3O2. The van der Waals surface area contributed by atoms with E-state index in [1.54, 1.807) is 0 Å². The van der Waals surface area contributed by atoms with Gasteiger partial charge >= 0.3 is 7.12 Å². The van der Waals surface area contributed by atoms with E-state index in [1.807, 2.05) is 12.4 Å². The Morgan fingerprint density at radius 1 is 1.13 bits per heavy atom. The first kappa shape index (κ1) is 16.5. The second kappa shape index (κ2) is 5.91. The van der Waals surface area contributed by atoms with Gasteiger partial charge in [0.2, 0.25) is 5.95 Å². The summed E-state index contributed by atoms with van der Waals surface area (Å²) < 4.78 is 12.3. The SMILES string of the molecule is CCc1cnc(N2CC=C(B3OC(C)(C)C(C)(C)O3)CC2)nc1. The van der Waals surface area contributed by atoms with Crippen LogP contribution in [0.1, 0.15) is 46.6 Å². The van der Waals surface area contributed by atoms with Gasteiger partial charge in [-0.1, -0.05) is 13.0 Å². The van der Waals surface area contributed by atoms with Crippen LogP contribution >= 0.6 is 0 Å². The van der Waals surface area contributed by atoms with Crippen molar-refractivity contribution >= 4 is 13.1 Å². The highest BCUT2D eigenvalue weighted by molar-refractivity contribution is 6.54. The lowest BCUT2D eigenvalue weighted by molar-refractivity contribution is 0.00578. The summed E-state index contributed by atoms with van der Waals surface area (Å²) in [4.78, 5) is 11.1. The predicted molar refractivity (Wildman–Crippen MR) is 92.4 cm³/mol. The van der Waals surface area contributed by atoms with Crippen molar-refractivity contribution in [3.63, 3.8) is 0 Å². The average Bonchev–Trinajstić information content (AvgIpc) is 2.76. The normalized spacial score (nSPS) is 23.1. The van der Waals surface area contributed by atoms with Gasteiger partial charge < -0.3 is 14.2 Å². The second-order valence-electron chi connectivity index (χ2n) is 7.31. The van der Waals surface area contributed by atoms with Crippen LogP contribution in [0.2, 0.25) is 0 Å². The molecule has 0 N–H and O–H groups in total. The van der Waals surface area contributed by atoms with Crippen LogP contribution < -0.4 is 4.90 Å². The zero-order chi connectivity index (χ0) is 16.7. The molecule has 1 aromatic heterocycles. The quantitative estimate of drug-likeness (QED) is 0.803. The Bertz CT molecular complexity index is 582. The van der Waals surface area contributed by atoms with Crippen molar-refractivity contribution in [1.29, 1.82) is 0 Å². The molecule has 2 aliphatic rings. The molecule has 0 radical (unpaired) electrons. The molecule has 2 aliphatic heterocycles. The minimum absolute atomic E-state index is 0.231. The maximum atomic E-state index is 6.13. The van der Waals surface area contributed by atoms with Crippen LogP contribution in [0.4, 0.5) is 5.95 Å². The van der Waals surface area contributed by atoms with E-state index in [0.717, 1.165) is 31.9 Å². The molecule has 0 unspecified atom stereocenters. The van der Waals surface area contributed by atoms with Crippen molar-refractivity contribution in [3.05, 3.63) is 29.5 Å². The Labute approximate surface area is 139 Å². The molecule has 6 heteroatoms. The summed E-state index contributed by atoms with van der Waals surface area (Å²) in [5, 5.41) is 0. The highest BCUT2D eigenvalue weighted by Crippen LogP contribution is 2.39. The number of hydrogen-bond donors (Lipinski definition) is 0. The van der Waals surface area contributed by atoms with E-state index >= 15 is 0 Å². The van der Waals surface area contributed by atoms with Crippen LogP contribution in [0.25, 0.3) is 0 Å². The third kappa shape index (κ3) is 3.15. The summed E-state index contributed by atoms with van der Waals surface area (Å²) in [6.45, 7) is 12.2. The first-order valence-corrected chi connectivity index (χ1v) is 8.43. The standard InChI is InChI=1S/C17H26BN3O2/c1-6-13-11-19-15(20-12-13)21-9-7-14(8-10-21)18-22-16(2,3)17(4,5)23-18/h7,11-12H,6,8-10H2,1-5H3. The number of hydrogen-bond acceptors (Lipinski definition) is 5. The summed E-state index contributed by atoms with van der Waals surface area (Å²) in [7, 11) is -0.231. The van der Waals surface area contributed by atoms with Crippen LogP contribution in [0.15, 0.2) is 23.9 Å². The zero-order valence-corrected chi connectivity index (χ0v) is 14.8. The molecule has 0 saturated carbocycles. The minimum Gasteiger partial charge on any atom is -0.400 e. The Kier molecular flexibility index (Phi) is 4.23. The van der Waals surface area contributed by atoms with Crippen LogP contribution in [-0.4, -0.2) is 41.4 Å². The molecule has 0 bridgehead atoms. The first-order chi connectivity index (χ1) is 10.8.